The second kappa shape index (κ2) is 5.39. The number of benzene rings is 1. The molecule has 100 valence electrons. The molecule has 5 nitrogen and oxygen atoms in total. The van der Waals surface area contributed by atoms with Gasteiger partial charge in [0.2, 0.25) is 5.95 Å². The Morgan fingerprint density at radius 3 is 2.19 bits per heavy atom. The first kappa shape index (κ1) is 12.8. The van der Waals surface area contributed by atoms with E-state index in [0.717, 1.165) is 11.1 Å². The molecule has 3 aromatic rings. The molecule has 0 radical (unpaired) electrons. The van der Waals surface area contributed by atoms with Gasteiger partial charge in [-0.3, -0.25) is 4.98 Å². The molecule has 1 aromatic carbocycles. The third-order valence-corrected chi connectivity index (χ3v) is 3.02. The summed E-state index contributed by atoms with van der Waals surface area (Å²) in [6, 6.07) is 15.3. The molecule has 0 bridgehead atoms. The van der Waals surface area contributed by atoms with E-state index >= 15 is 0 Å². The lowest BCUT2D eigenvalue weighted by atomic mass is 10.0. The molecule has 0 saturated heterocycles. The number of rotatable bonds is 2. The Morgan fingerprint density at radius 2 is 1.57 bits per heavy atom. The van der Waals surface area contributed by atoms with Crippen LogP contribution in [0.2, 0.25) is 0 Å². The summed E-state index contributed by atoms with van der Waals surface area (Å²) in [4.78, 5) is 12.5. The van der Waals surface area contributed by atoms with Crippen LogP contribution in [0.5, 0.6) is 0 Å². The summed E-state index contributed by atoms with van der Waals surface area (Å²) in [5, 5.41) is 9.52. The average Bonchev–Trinajstić information content (AvgIpc) is 2.55. The van der Waals surface area contributed by atoms with Gasteiger partial charge in [-0.2, -0.15) is 5.26 Å². The summed E-state index contributed by atoms with van der Waals surface area (Å²) in [6.45, 7) is 0. The zero-order valence-corrected chi connectivity index (χ0v) is 11.1. The van der Waals surface area contributed by atoms with Crippen LogP contribution in [0.4, 0.5) is 5.95 Å². The van der Waals surface area contributed by atoms with Crippen LogP contribution in [-0.2, 0) is 0 Å². The Kier molecular flexibility index (Phi) is 3.27. The van der Waals surface area contributed by atoms with E-state index in [1.54, 1.807) is 18.5 Å². The minimum Gasteiger partial charge on any atom is -0.368 e. The molecule has 2 N–H and O–H groups in total. The molecule has 0 atom stereocenters. The highest BCUT2D eigenvalue weighted by Gasteiger charge is 2.16. The SMILES string of the molecule is N#Cc1c(-c2ccccc2)nc(N)nc1-c1cccnc1. The number of nitrogens with two attached hydrogens (primary N) is 1. The van der Waals surface area contributed by atoms with Crippen molar-refractivity contribution in [2.75, 3.05) is 5.73 Å². The number of hydrogen-bond donors (Lipinski definition) is 1. The molecule has 2 aromatic heterocycles. The van der Waals surface area contributed by atoms with Crippen molar-refractivity contribution in [1.29, 1.82) is 5.26 Å². The van der Waals surface area contributed by atoms with Gasteiger partial charge in [-0.1, -0.05) is 30.3 Å². The fourth-order valence-corrected chi connectivity index (χ4v) is 2.10. The second-order valence-electron chi connectivity index (χ2n) is 4.37. The molecule has 0 saturated carbocycles. The van der Waals surface area contributed by atoms with Gasteiger partial charge in [-0.15, -0.1) is 0 Å². The molecular weight excluding hydrogens is 262 g/mol. The lowest BCUT2D eigenvalue weighted by molar-refractivity contribution is 1.17. The first-order valence-electron chi connectivity index (χ1n) is 6.33. The molecule has 0 unspecified atom stereocenters. The fraction of sp³-hybridized carbons (Fsp3) is 0. The van der Waals surface area contributed by atoms with Crippen molar-refractivity contribution in [2.45, 2.75) is 0 Å². The highest BCUT2D eigenvalue weighted by molar-refractivity contribution is 5.77. The van der Waals surface area contributed by atoms with Crippen LogP contribution >= 0.6 is 0 Å². The summed E-state index contributed by atoms with van der Waals surface area (Å²) >= 11 is 0. The van der Waals surface area contributed by atoms with Crippen LogP contribution in [-0.4, -0.2) is 15.0 Å². The minimum absolute atomic E-state index is 0.131. The number of nitrogens with zero attached hydrogens (tertiary/aromatic N) is 4. The number of aromatic nitrogens is 3. The third kappa shape index (κ3) is 2.42. The smallest absolute Gasteiger partial charge is 0.221 e. The molecule has 0 aliphatic heterocycles. The van der Waals surface area contributed by atoms with Crippen molar-refractivity contribution in [3.63, 3.8) is 0 Å². The summed E-state index contributed by atoms with van der Waals surface area (Å²) in [6.07, 6.45) is 3.32. The van der Waals surface area contributed by atoms with E-state index in [-0.39, 0.29) is 5.95 Å². The maximum atomic E-state index is 9.52. The van der Waals surface area contributed by atoms with E-state index < -0.39 is 0 Å². The maximum Gasteiger partial charge on any atom is 0.221 e. The van der Waals surface area contributed by atoms with Crippen molar-refractivity contribution in [3.05, 3.63) is 60.4 Å². The van der Waals surface area contributed by atoms with Crippen LogP contribution in [0.1, 0.15) is 5.56 Å². The molecule has 0 fully saturated rings. The van der Waals surface area contributed by atoms with Crippen molar-refractivity contribution in [1.82, 2.24) is 15.0 Å². The first-order chi connectivity index (χ1) is 10.3. The van der Waals surface area contributed by atoms with Gasteiger partial charge in [0.05, 0.1) is 11.4 Å². The van der Waals surface area contributed by atoms with E-state index in [0.29, 0.717) is 17.0 Å². The van der Waals surface area contributed by atoms with Crippen molar-refractivity contribution in [3.8, 4) is 28.6 Å². The Morgan fingerprint density at radius 1 is 0.905 bits per heavy atom. The monoisotopic (exact) mass is 273 g/mol. The van der Waals surface area contributed by atoms with E-state index in [4.69, 9.17) is 5.73 Å². The van der Waals surface area contributed by atoms with E-state index in [1.807, 2.05) is 36.4 Å². The van der Waals surface area contributed by atoms with Gasteiger partial charge in [0, 0.05) is 23.5 Å². The van der Waals surface area contributed by atoms with E-state index in [9.17, 15) is 5.26 Å². The van der Waals surface area contributed by atoms with Gasteiger partial charge in [0.25, 0.3) is 0 Å². The molecule has 0 spiro atoms. The maximum absolute atomic E-state index is 9.52. The van der Waals surface area contributed by atoms with Gasteiger partial charge < -0.3 is 5.73 Å². The van der Waals surface area contributed by atoms with Crippen LogP contribution in [0, 0.1) is 11.3 Å². The van der Waals surface area contributed by atoms with E-state index in [2.05, 4.69) is 21.0 Å². The summed E-state index contributed by atoms with van der Waals surface area (Å²) in [5.74, 6) is 0.131. The molecule has 2 heterocycles. The topological polar surface area (TPSA) is 88.5 Å². The summed E-state index contributed by atoms with van der Waals surface area (Å²) < 4.78 is 0. The fourth-order valence-electron chi connectivity index (χ4n) is 2.10. The quantitative estimate of drug-likeness (QED) is 0.775. The number of hydrogen-bond acceptors (Lipinski definition) is 5. The molecule has 21 heavy (non-hydrogen) atoms. The minimum atomic E-state index is 0.131. The van der Waals surface area contributed by atoms with Gasteiger partial charge in [-0.05, 0) is 12.1 Å². The Balaban J connectivity index is 2.29. The second-order valence-corrected chi connectivity index (χ2v) is 4.37. The van der Waals surface area contributed by atoms with Crippen LogP contribution in [0.3, 0.4) is 0 Å². The Labute approximate surface area is 121 Å². The molecule has 0 aliphatic carbocycles. The number of nitrogen functional groups attached to an aromatic ring is 1. The van der Waals surface area contributed by atoms with Gasteiger partial charge in [0.1, 0.15) is 11.6 Å². The van der Waals surface area contributed by atoms with Crippen LogP contribution < -0.4 is 5.73 Å². The zero-order chi connectivity index (χ0) is 14.7. The van der Waals surface area contributed by atoms with Crippen molar-refractivity contribution >= 4 is 5.95 Å². The number of pyridine rings is 1. The highest BCUT2D eigenvalue weighted by atomic mass is 15.0. The van der Waals surface area contributed by atoms with Crippen LogP contribution in [0.25, 0.3) is 22.5 Å². The van der Waals surface area contributed by atoms with Gasteiger partial charge in [-0.25, -0.2) is 9.97 Å². The molecule has 5 heteroatoms. The zero-order valence-electron chi connectivity index (χ0n) is 11.1. The normalized spacial score (nSPS) is 10.0. The molecule has 0 aliphatic rings. The number of nitriles is 1. The van der Waals surface area contributed by atoms with Crippen molar-refractivity contribution < 1.29 is 0 Å². The van der Waals surface area contributed by atoms with E-state index in [1.165, 1.54) is 0 Å². The Hall–Kier alpha value is -3.26. The third-order valence-electron chi connectivity index (χ3n) is 3.02. The summed E-state index contributed by atoms with van der Waals surface area (Å²) in [7, 11) is 0. The number of anilines is 1. The first-order valence-corrected chi connectivity index (χ1v) is 6.33. The standard InChI is InChI=1S/C16H11N5/c17-9-13-14(11-5-2-1-3-6-11)20-16(18)21-15(13)12-7-4-8-19-10-12/h1-8,10H,(H2,18,20,21). The lowest BCUT2D eigenvalue weighted by Crippen LogP contribution is -2.03. The van der Waals surface area contributed by atoms with Crippen LogP contribution in [0.15, 0.2) is 54.9 Å². The largest absolute Gasteiger partial charge is 0.368 e. The summed E-state index contributed by atoms with van der Waals surface area (Å²) in [5.41, 5.74) is 8.79. The Bertz CT molecular complexity index is 747. The van der Waals surface area contributed by atoms with Gasteiger partial charge in [0.15, 0.2) is 0 Å². The highest BCUT2D eigenvalue weighted by Crippen LogP contribution is 2.29. The molecular formula is C16H11N5. The predicted octanol–water partition coefficient (Wildman–Crippen LogP) is 2.66. The lowest BCUT2D eigenvalue weighted by Gasteiger charge is -2.09. The molecule has 0 amide bonds. The molecule has 3 rings (SSSR count). The van der Waals surface area contributed by atoms with Crippen molar-refractivity contribution in [2.24, 2.45) is 0 Å². The predicted molar refractivity (Wildman–Crippen MR) is 79.8 cm³/mol. The average molecular weight is 273 g/mol. The van der Waals surface area contributed by atoms with Gasteiger partial charge >= 0.3 is 0 Å².